The molecule has 0 aliphatic carbocycles. The smallest absolute Gasteiger partial charge is 0.171 e. The van der Waals surface area contributed by atoms with Crippen LogP contribution in [0.5, 0.6) is 0 Å². The molecule has 9 aromatic rings. The number of fused-ring (bicyclic) bond motifs is 6. The van der Waals surface area contributed by atoms with Crippen molar-refractivity contribution >= 4 is 86.1 Å². The average molecular weight is 643 g/mol. The van der Waals surface area contributed by atoms with Crippen molar-refractivity contribution < 1.29 is 4.57 Å². The molecule has 0 fully saturated rings. The summed E-state index contributed by atoms with van der Waals surface area (Å²) in [6.07, 6.45) is 0. The Hall–Kier alpha value is -4.79. The van der Waals surface area contributed by atoms with Crippen LogP contribution in [0.15, 0.2) is 164 Å². The van der Waals surface area contributed by atoms with Crippen LogP contribution in [-0.2, 0) is 4.57 Å². The lowest BCUT2D eigenvalue weighted by molar-refractivity contribution is 0.592. The van der Waals surface area contributed by atoms with E-state index in [0.717, 1.165) is 27.0 Å². The van der Waals surface area contributed by atoms with Crippen LogP contribution < -0.4 is 15.9 Å². The topological polar surface area (TPSA) is 17.1 Å². The monoisotopic (exact) mass is 642 g/mol. The van der Waals surface area contributed by atoms with E-state index in [1.165, 1.54) is 51.5 Å². The first kappa shape index (κ1) is 27.5. The molecule has 2 heterocycles. The fourth-order valence-corrected chi connectivity index (χ4v) is 11.7. The van der Waals surface area contributed by atoms with E-state index in [9.17, 15) is 0 Å². The zero-order valence-corrected chi connectivity index (χ0v) is 27.3. The van der Waals surface area contributed by atoms with Crippen molar-refractivity contribution in [2.24, 2.45) is 0 Å². The van der Waals surface area contributed by atoms with Crippen molar-refractivity contribution in [3.63, 3.8) is 0 Å². The van der Waals surface area contributed by atoms with Gasteiger partial charge in [0, 0.05) is 56.3 Å². The van der Waals surface area contributed by atoms with Gasteiger partial charge in [-0.25, -0.2) is 0 Å². The van der Waals surface area contributed by atoms with Gasteiger partial charge in [0.25, 0.3) is 0 Å². The van der Waals surface area contributed by atoms with Gasteiger partial charge in [-0.2, -0.15) is 0 Å². The normalized spacial score (nSPS) is 12.0. The van der Waals surface area contributed by atoms with E-state index in [4.69, 9.17) is 0 Å². The van der Waals surface area contributed by atoms with Gasteiger partial charge in [0.2, 0.25) is 0 Å². The number of benzene rings is 7. The first-order valence-corrected chi connectivity index (χ1v) is 18.7. The van der Waals surface area contributed by atoms with Crippen LogP contribution in [0.3, 0.4) is 0 Å². The van der Waals surface area contributed by atoms with E-state index in [1.54, 1.807) is 0 Å². The SMILES string of the molecule is O=P(c1ccccc1)(c1ccccc1)c1cccc(-c2ccc3sc4ccc(-c5cccc6c5sc5ccccc56)cc4c3c2)c1. The summed E-state index contributed by atoms with van der Waals surface area (Å²) in [4.78, 5) is 0. The zero-order valence-electron chi connectivity index (χ0n) is 24.8. The van der Waals surface area contributed by atoms with Crippen molar-refractivity contribution in [3.05, 3.63) is 164 Å². The highest BCUT2D eigenvalue weighted by molar-refractivity contribution is 7.85. The van der Waals surface area contributed by atoms with Gasteiger partial charge in [0.1, 0.15) is 0 Å². The molecule has 7 aromatic carbocycles. The van der Waals surface area contributed by atoms with Crippen molar-refractivity contribution in [1.82, 2.24) is 0 Å². The Morgan fingerprint density at radius 1 is 0.370 bits per heavy atom. The molecule has 9 rings (SSSR count). The van der Waals surface area contributed by atoms with Gasteiger partial charge in [-0.15, -0.1) is 22.7 Å². The fraction of sp³-hybridized carbons (Fsp3) is 0. The number of hydrogen-bond acceptors (Lipinski definition) is 3. The Kier molecular flexibility index (Phi) is 6.54. The summed E-state index contributed by atoms with van der Waals surface area (Å²) < 4.78 is 20.3. The van der Waals surface area contributed by atoms with Crippen molar-refractivity contribution in [2.75, 3.05) is 0 Å². The van der Waals surface area contributed by atoms with Gasteiger partial charge >= 0.3 is 0 Å². The molecule has 0 aliphatic rings. The van der Waals surface area contributed by atoms with E-state index < -0.39 is 7.14 Å². The predicted octanol–water partition coefficient (Wildman–Crippen LogP) is 11.4. The number of thiophene rings is 2. The van der Waals surface area contributed by atoms with Crippen LogP contribution in [0.4, 0.5) is 0 Å². The lowest BCUT2D eigenvalue weighted by Gasteiger charge is -2.20. The molecule has 0 unspecified atom stereocenters. The minimum atomic E-state index is -3.07. The maximum Gasteiger partial charge on any atom is 0.171 e. The van der Waals surface area contributed by atoms with E-state index >= 15 is 4.57 Å². The molecule has 0 bridgehead atoms. The molecule has 4 heteroatoms. The minimum Gasteiger partial charge on any atom is -0.309 e. The minimum absolute atomic E-state index is 0.844. The number of hydrogen-bond donors (Lipinski definition) is 0. The van der Waals surface area contributed by atoms with Crippen LogP contribution in [0.2, 0.25) is 0 Å². The summed E-state index contributed by atoms with van der Waals surface area (Å²) in [5, 5.41) is 7.70. The maximum absolute atomic E-state index is 15.1. The van der Waals surface area contributed by atoms with Crippen molar-refractivity contribution in [3.8, 4) is 22.3 Å². The molecule has 46 heavy (non-hydrogen) atoms. The predicted molar refractivity (Wildman–Crippen MR) is 202 cm³/mol. The Bertz CT molecular complexity index is 2570. The second kappa shape index (κ2) is 10.9. The highest BCUT2D eigenvalue weighted by Crippen LogP contribution is 2.45. The average Bonchev–Trinajstić information content (AvgIpc) is 3.70. The van der Waals surface area contributed by atoms with Gasteiger partial charge in [0.15, 0.2) is 7.14 Å². The Balaban J connectivity index is 1.18. The Labute approximate surface area is 275 Å². The Morgan fingerprint density at radius 3 is 1.65 bits per heavy atom. The lowest BCUT2D eigenvalue weighted by Crippen LogP contribution is -2.25. The molecule has 0 N–H and O–H groups in total. The third-order valence-electron chi connectivity index (χ3n) is 8.97. The maximum atomic E-state index is 15.1. The van der Waals surface area contributed by atoms with E-state index in [0.29, 0.717) is 0 Å². The molecule has 0 radical (unpaired) electrons. The van der Waals surface area contributed by atoms with Crippen LogP contribution in [-0.4, -0.2) is 0 Å². The van der Waals surface area contributed by atoms with Crippen molar-refractivity contribution in [1.29, 1.82) is 0 Å². The van der Waals surface area contributed by atoms with Gasteiger partial charge in [-0.3, -0.25) is 0 Å². The molecule has 0 atom stereocenters. The molecule has 1 nitrogen and oxygen atoms in total. The molecule has 0 saturated carbocycles. The third kappa shape index (κ3) is 4.39. The van der Waals surface area contributed by atoms with Crippen LogP contribution >= 0.6 is 29.8 Å². The van der Waals surface area contributed by atoms with Crippen molar-refractivity contribution in [2.45, 2.75) is 0 Å². The zero-order chi connectivity index (χ0) is 30.7. The summed E-state index contributed by atoms with van der Waals surface area (Å²) in [5.74, 6) is 0. The second-order valence-electron chi connectivity index (χ2n) is 11.6. The molecule has 0 spiro atoms. The standard InChI is InChI=1S/C42H27OPS2/c43-44(31-12-3-1-4-13-31,32-14-5-2-6-15-32)33-16-9-11-28(25-33)29-21-23-40-37(26-29)38-27-30(22-24-41(38)45-40)34-18-10-19-36-35-17-7-8-20-39(35)46-42(34)36/h1-27H. The quantitative estimate of drug-likeness (QED) is 0.171. The highest BCUT2D eigenvalue weighted by atomic mass is 32.1. The molecule has 2 aromatic heterocycles. The Morgan fingerprint density at radius 2 is 0.913 bits per heavy atom. The fourth-order valence-electron chi connectivity index (χ4n) is 6.70. The molecular weight excluding hydrogens is 616 g/mol. The summed E-state index contributed by atoms with van der Waals surface area (Å²) in [6.45, 7) is 0. The van der Waals surface area contributed by atoms with E-state index in [2.05, 4.69) is 91.0 Å². The summed E-state index contributed by atoms with van der Waals surface area (Å²) in [5.41, 5.74) is 4.71. The largest absolute Gasteiger partial charge is 0.309 e. The summed E-state index contributed by atoms with van der Waals surface area (Å²) in [7, 11) is -3.07. The molecule has 218 valence electrons. The summed E-state index contributed by atoms with van der Waals surface area (Å²) >= 11 is 3.71. The molecule has 0 saturated heterocycles. The second-order valence-corrected chi connectivity index (χ2v) is 16.5. The van der Waals surface area contributed by atoms with Crippen LogP contribution in [0, 0.1) is 0 Å². The summed E-state index contributed by atoms with van der Waals surface area (Å²) in [6, 6.07) is 57.1. The molecule has 0 amide bonds. The third-order valence-corrected chi connectivity index (χ3v) is 14.4. The first-order valence-electron chi connectivity index (χ1n) is 15.4. The van der Waals surface area contributed by atoms with Gasteiger partial charge in [-0.1, -0.05) is 127 Å². The molecular formula is C42H27OPS2. The number of rotatable bonds is 5. The van der Waals surface area contributed by atoms with Gasteiger partial charge in [-0.05, 0) is 58.7 Å². The van der Waals surface area contributed by atoms with Crippen LogP contribution in [0.25, 0.3) is 62.6 Å². The first-order chi connectivity index (χ1) is 22.7. The van der Waals surface area contributed by atoms with Gasteiger partial charge in [0.05, 0.1) is 0 Å². The van der Waals surface area contributed by atoms with Gasteiger partial charge < -0.3 is 4.57 Å². The lowest BCUT2D eigenvalue weighted by atomic mass is 9.99. The van der Waals surface area contributed by atoms with E-state index in [1.807, 2.05) is 95.5 Å². The molecule has 0 aliphatic heterocycles. The van der Waals surface area contributed by atoms with E-state index in [-0.39, 0.29) is 0 Å². The highest BCUT2D eigenvalue weighted by Gasteiger charge is 2.29. The van der Waals surface area contributed by atoms with Crippen LogP contribution in [0.1, 0.15) is 0 Å².